The number of nitrogens with zero attached hydrogens (tertiary/aromatic N) is 2. The number of hydrogen-bond acceptors (Lipinski definition) is 6. The van der Waals surface area contributed by atoms with Gasteiger partial charge in [-0.2, -0.15) is 0 Å². The lowest BCUT2D eigenvalue weighted by Crippen LogP contribution is -2.47. The van der Waals surface area contributed by atoms with E-state index in [4.69, 9.17) is 19.2 Å². The third kappa shape index (κ3) is 4.90. The maximum absolute atomic E-state index is 15.8. The molecular weight excluding hydrogens is 401 g/mol. The van der Waals surface area contributed by atoms with Gasteiger partial charge in [0.15, 0.2) is 5.90 Å². The topological polar surface area (TPSA) is 81.5 Å². The van der Waals surface area contributed by atoms with E-state index in [1.165, 1.54) is 0 Å². The summed E-state index contributed by atoms with van der Waals surface area (Å²) >= 11 is 0. The van der Waals surface area contributed by atoms with Crippen molar-refractivity contribution in [1.29, 1.82) is 0 Å². The Balaban J connectivity index is 1.60. The molecule has 8 heteroatoms. The standard InChI is InChI=1S/C23H32FN3O4/c1-29-19-5-3-4-16-17(21(24)14-6-7-20(30-2)25-13-14)12-18(27-22(16)19)23(28)26-15-8-10-31-11-9-15/h12-13,15-16,19,21-22H,3-11H2,1-2H3,(H,26,28). The van der Waals surface area contributed by atoms with Gasteiger partial charge in [0, 0.05) is 44.9 Å². The fraction of sp³-hybridized carbons (Fsp3) is 0.696. The molecule has 4 atom stereocenters. The molecule has 7 nitrogen and oxygen atoms in total. The van der Waals surface area contributed by atoms with Crippen LogP contribution >= 0.6 is 0 Å². The summed E-state index contributed by atoms with van der Waals surface area (Å²) in [6.07, 6.45) is 7.20. The first kappa shape index (κ1) is 22.1. The first-order valence-corrected chi connectivity index (χ1v) is 11.2. The lowest BCUT2D eigenvalue weighted by atomic mass is 9.73. The highest BCUT2D eigenvalue weighted by Crippen LogP contribution is 2.40. The SMILES string of the molecule is COC1=NC=C(C(F)C2=CC(C(=O)NC3CCOCC3)=NC3C(OC)CCCC23)CC1. The van der Waals surface area contributed by atoms with Crippen molar-refractivity contribution in [1.82, 2.24) is 5.32 Å². The van der Waals surface area contributed by atoms with Crippen LogP contribution in [-0.4, -0.2) is 69.3 Å². The molecule has 2 fully saturated rings. The molecule has 31 heavy (non-hydrogen) atoms. The number of carbonyl (C=O) groups is 1. The number of alkyl halides is 1. The molecule has 170 valence electrons. The smallest absolute Gasteiger partial charge is 0.269 e. The van der Waals surface area contributed by atoms with Gasteiger partial charge in [-0.05, 0) is 49.3 Å². The molecular formula is C23H32FN3O4. The minimum Gasteiger partial charge on any atom is -0.484 e. The number of dihydropyridines is 1. The second-order valence-corrected chi connectivity index (χ2v) is 8.61. The normalized spacial score (nSPS) is 30.2. The Morgan fingerprint density at radius 1 is 1.23 bits per heavy atom. The average molecular weight is 434 g/mol. The van der Waals surface area contributed by atoms with Crippen LogP contribution in [0.15, 0.2) is 33.4 Å². The van der Waals surface area contributed by atoms with Crippen LogP contribution in [-0.2, 0) is 19.0 Å². The third-order valence-electron chi connectivity index (χ3n) is 6.76. The molecule has 1 saturated heterocycles. The van der Waals surface area contributed by atoms with E-state index in [0.717, 1.165) is 32.1 Å². The van der Waals surface area contributed by atoms with Gasteiger partial charge in [0.1, 0.15) is 11.9 Å². The largest absolute Gasteiger partial charge is 0.484 e. The highest BCUT2D eigenvalue weighted by Gasteiger charge is 2.42. The number of methoxy groups -OCH3 is 2. The molecule has 3 heterocycles. The number of carbonyl (C=O) groups excluding carboxylic acids is 1. The molecule has 0 bridgehead atoms. The van der Waals surface area contributed by atoms with Gasteiger partial charge in [-0.15, -0.1) is 0 Å². The van der Waals surface area contributed by atoms with Gasteiger partial charge < -0.3 is 19.5 Å². The number of halogens is 1. The molecule has 0 spiro atoms. The zero-order chi connectivity index (χ0) is 21.8. The Bertz CT molecular complexity index is 801. The molecule has 0 aromatic rings. The lowest BCUT2D eigenvalue weighted by Gasteiger charge is -2.40. The van der Waals surface area contributed by atoms with Gasteiger partial charge in [0.2, 0.25) is 0 Å². The number of fused-ring (bicyclic) bond motifs is 1. The maximum Gasteiger partial charge on any atom is 0.269 e. The summed E-state index contributed by atoms with van der Waals surface area (Å²) in [5.41, 5.74) is 1.55. The van der Waals surface area contributed by atoms with E-state index >= 15 is 4.39 Å². The third-order valence-corrected chi connectivity index (χ3v) is 6.76. The quantitative estimate of drug-likeness (QED) is 0.723. The molecule has 4 rings (SSSR count). The van der Waals surface area contributed by atoms with E-state index in [-0.39, 0.29) is 30.0 Å². The molecule has 1 N–H and O–H groups in total. The summed E-state index contributed by atoms with van der Waals surface area (Å²) < 4.78 is 32.0. The van der Waals surface area contributed by atoms with Crippen LogP contribution in [0.1, 0.15) is 44.9 Å². The van der Waals surface area contributed by atoms with Gasteiger partial charge in [-0.1, -0.05) is 6.42 Å². The Hall–Kier alpha value is -2.06. The van der Waals surface area contributed by atoms with Crippen LogP contribution in [0.25, 0.3) is 0 Å². The van der Waals surface area contributed by atoms with Crippen LogP contribution in [0.5, 0.6) is 0 Å². The number of aliphatic imine (C=N–C) groups is 2. The second-order valence-electron chi connectivity index (χ2n) is 8.61. The Labute approximate surface area is 182 Å². The molecule has 1 saturated carbocycles. The zero-order valence-corrected chi connectivity index (χ0v) is 18.3. The highest BCUT2D eigenvalue weighted by atomic mass is 19.1. The summed E-state index contributed by atoms with van der Waals surface area (Å²) in [5.74, 6) is 0.302. The molecule has 0 aromatic carbocycles. The van der Waals surface area contributed by atoms with E-state index < -0.39 is 6.17 Å². The zero-order valence-electron chi connectivity index (χ0n) is 18.3. The molecule has 4 aliphatic rings. The van der Waals surface area contributed by atoms with Crippen molar-refractivity contribution >= 4 is 17.5 Å². The fourth-order valence-electron chi connectivity index (χ4n) is 4.98. The van der Waals surface area contributed by atoms with Gasteiger partial charge >= 0.3 is 0 Å². The summed E-state index contributed by atoms with van der Waals surface area (Å²) in [5, 5.41) is 3.06. The maximum atomic E-state index is 15.8. The number of amides is 1. The van der Waals surface area contributed by atoms with E-state index in [9.17, 15) is 4.79 Å². The summed E-state index contributed by atoms with van der Waals surface area (Å²) in [6.45, 7) is 1.28. The van der Waals surface area contributed by atoms with Crippen LogP contribution in [0.3, 0.4) is 0 Å². The predicted octanol–water partition coefficient (Wildman–Crippen LogP) is 2.91. The first-order valence-electron chi connectivity index (χ1n) is 11.2. The monoisotopic (exact) mass is 433 g/mol. The van der Waals surface area contributed by atoms with Crippen LogP contribution in [0.2, 0.25) is 0 Å². The average Bonchev–Trinajstić information content (AvgIpc) is 2.83. The first-order chi connectivity index (χ1) is 15.1. The van der Waals surface area contributed by atoms with Crippen molar-refractivity contribution in [3.63, 3.8) is 0 Å². The number of allylic oxidation sites excluding steroid dienone is 1. The van der Waals surface area contributed by atoms with Crippen molar-refractivity contribution in [3.05, 3.63) is 23.4 Å². The number of ether oxygens (including phenoxy) is 3. The van der Waals surface area contributed by atoms with Crippen molar-refractivity contribution < 1.29 is 23.4 Å². The molecule has 1 amide bonds. The molecule has 4 unspecified atom stereocenters. The Kier molecular flexibility index (Phi) is 7.17. The van der Waals surface area contributed by atoms with Crippen molar-refractivity contribution in [2.75, 3.05) is 27.4 Å². The number of nitrogens with one attached hydrogen (secondary N) is 1. The highest BCUT2D eigenvalue weighted by molar-refractivity contribution is 6.43. The number of rotatable bonds is 5. The summed E-state index contributed by atoms with van der Waals surface area (Å²) in [7, 11) is 3.24. The minimum absolute atomic E-state index is 0.0622. The Morgan fingerprint density at radius 2 is 2.03 bits per heavy atom. The molecule has 0 radical (unpaired) electrons. The van der Waals surface area contributed by atoms with Crippen LogP contribution in [0.4, 0.5) is 4.39 Å². The molecule has 0 aromatic heterocycles. The number of hydrogen-bond donors (Lipinski definition) is 1. The molecule has 1 aliphatic carbocycles. The van der Waals surface area contributed by atoms with Crippen molar-refractivity contribution in [3.8, 4) is 0 Å². The second kappa shape index (κ2) is 10.0. The van der Waals surface area contributed by atoms with Gasteiger partial charge in [-0.25, -0.2) is 9.38 Å². The molecule has 3 aliphatic heterocycles. The van der Waals surface area contributed by atoms with E-state index in [1.54, 1.807) is 26.5 Å². The van der Waals surface area contributed by atoms with E-state index in [1.807, 2.05) is 0 Å². The van der Waals surface area contributed by atoms with Crippen LogP contribution < -0.4 is 5.32 Å². The van der Waals surface area contributed by atoms with Gasteiger partial charge in [-0.3, -0.25) is 9.79 Å². The van der Waals surface area contributed by atoms with Crippen molar-refractivity contribution in [2.45, 2.75) is 69.3 Å². The minimum atomic E-state index is -1.29. The summed E-state index contributed by atoms with van der Waals surface area (Å²) in [4.78, 5) is 22.0. The van der Waals surface area contributed by atoms with Gasteiger partial charge in [0.05, 0.1) is 19.3 Å². The predicted molar refractivity (Wildman–Crippen MR) is 116 cm³/mol. The Morgan fingerprint density at radius 3 is 2.71 bits per heavy atom. The van der Waals surface area contributed by atoms with E-state index in [2.05, 4.69) is 10.3 Å². The van der Waals surface area contributed by atoms with Crippen molar-refractivity contribution in [2.24, 2.45) is 15.9 Å². The fourth-order valence-corrected chi connectivity index (χ4v) is 4.98. The van der Waals surface area contributed by atoms with Gasteiger partial charge in [0.25, 0.3) is 5.91 Å². The summed E-state index contributed by atoms with van der Waals surface area (Å²) in [6, 6.07) is -0.179. The van der Waals surface area contributed by atoms with Crippen LogP contribution in [0, 0.1) is 5.92 Å². The lowest BCUT2D eigenvalue weighted by molar-refractivity contribution is -0.116. The van der Waals surface area contributed by atoms with E-state index in [0.29, 0.717) is 48.8 Å².